The van der Waals surface area contributed by atoms with Crippen molar-refractivity contribution in [1.29, 1.82) is 0 Å². The number of nitro groups is 1. The van der Waals surface area contributed by atoms with Gasteiger partial charge in [0.05, 0.1) is 11.5 Å². The Kier molecular flexibility index (Phi) is 4.06. The quantitative estimate of drug-likeness (QED) is 0.671. The average molecular weight is 278 g/mol. The number of thiazole rings is 1. The minimum atomic E-state index is -0.436. The summed E-state index contributed by atoms with van der Waals surface area (Å²) in [6.07, 6.45) is 2.78. The van der Waals surface area contributed by atoms with Crippen LogP contribution in [-0.2, 0) is 13.0 Å². The molecule has 0 saturated carbocycles. The number of pyridine rings is 1. The molecule has 0 atom stereocenters. The SMILES string of the molecule is CCc1cnc(CNc2nc(C)ccc2[N+](=O)[O-])s1. The van der Waals surface area contributed by atoms with E-state index in [1.165, 1.54) is 10.9 Å². The summed E-state index contributed by atoms with van der Waals surface area (Å²) >= 11 is 1.60. The van der Waals surface area contributed by atoms with Gasteiger partial charge in [-0.1, -0.05) is 6.92 Å². The number of nitrogens with zero attached hydrogens (tertiary/aromatic N) is 3. The second-order valence-electron chi connectivity index (χ2n) is 4.00. The van der Waals surface area contributed by atoms with Gasteiger partial charge in [-0.2, -0.15) is 0 Å². The molecule has 0 radical (unpaired) electrons. The first kappa shape index (κ1) is 13.4. The van der Waals surface area contributed by atoms with Crippen molar-refractivity contribution >= 4 is 22.8 Å². The van der Waals surface area contributed by atoms with Gasteiger partial charge in [0.1, 0.15) is 5.01 Å². The molecule has 2 heterocycles. The summed E-state index contributed by atoms with van der Waals surface area (Å²) < 4.78 is 0. The lowest BCUT2D eigenvalue weighted by Gasteiger charge is -2.05. The van der Waals surface area contributed by atoms with Crippen LogP contribution in [0.4, 0.5) is 11.5 Å². The van der Waals surface area contributed by atoms with E-state index < -0.39 is 4.92 Å². The van der Waals surface area contributed by atoms with E-state index in [4.69, 9.17) is 0 Å². The molecule has 6 nitrogen and oxygen atoms in total. The molecule has 0 aliphatic heterocycles. The minimum absolute atomic E-state index is 0.0159. The molecule has 0 unspecified atom stereocenters. The van der Waals surface area contributed by atoms with Crippen molar-refractivity contribution in [2.24, 2.45) is 0 Å². The highest BCUT2D eigenvalue weighted by molar-refractivity contribution is 7.11. The lowest BCUT2D eigenvalue weighted by molar-refractivity contribution is -0.384. The molecule has 0 aliphatic rings. The summed E-state index contributed by atoms with van der Waals surface area (Å²) in [4.78, 5) is 20.1. The van der Waals surface area contributed by atoms with Gasteiger partial charge in [0, 0.05) is 22.8 Å². The van der Waals surface area contributed by atoms with E-state index in [0.29, 0.717) is 12.4 Å². The smallest absolute Gasteiger partial charge is 0.311 e. The van der Waals surface area contributed by atoms with Gasteiger partial charge in [-0.3, -0.25) is 10.1 Å². The zero-order valence-electron chi connectivity index (χ0n) is 10.7. The molecule has 2 aromatic rings. The summed E-state index contributed by atoms with van der Waals surface area (Å²) in [7, 11) is 0. The highest BCUT2D eigenvalue weighted by atomic mass is 32.1. The third kappa shape index (κ3) is 3.25. The summed E-state index contributed by atoms with van der Waals surface area (Å²) in [5.41, 5.74) is 0.722. The molecule has 1 N–H and O–H groups in total. The maximum atomic E-state index is 10.9. The summed E-state index contributed by atoms with van der Waals surface area (Å²) in [6.45, 7) is 4.31. The van der Waals surface area contributed by atoms with Crippen molar-refractivity contribution in [2.75, 3.05) is 5.32 Å². The van der Waals surface area contributed by atoms with Crippen LogP contribution in [0.3, 0.4) is 0 Å². The van der Waals surface area contributed by atoms with Gasteiger partial charge in [-0.15, -0.1) is 11.3 Å². The molecule has 0 aromatic carbocycles. The Hall–Kier alpha value is -2.02. The second-order valence-corrected chi connectivity index (χ2v) is 5.20. The van der Waals surface area contributed by atoms with Gasteiger partial charge in [-0.25, -0.2) is 9.97 Å². The fourth-order valence-corrected chi connectivity index (χ4v) is 2.38. The first-order chi connectivity index (χ1) is 9.10. The molecular formula is C12H14N4O2S. The van der Waals surface area contributed by atoms with Gasteiger partial charge < -0.3 is 5.32 Å². The third-order valence-corrected chi connectivity index (χ3v) is 3.71. The van der Waals surface area contributed by atoms with Crippen molar-refractivity contribution in [1.82, 2.24) is 9.97 Å². The van der Waals surface area contributed by atoms with E-state index in [-0.39, 0.29) is 5.69 Å². The van der Waals surface area contributed by atoms with E-state index in [0.717, 1.165) is 17.1 Å². The number of hydrogen-bond donors (Lipinski definition) is 1. The van der Waals surface area contributed by atoms with Gasteiger partial charge in [0.15, 0.2) is 0 Å². The normalized spacial score (nSPS) is 10.4. The Balaban J connectivity index is 2.14. The highest BCUT2D eigenvalue weighted by Gasteiger charge is 2.15. The standard InChI is InChI=1S/C12H14N4O2S/c1-3-9-6-13-11(19-9)7-14-12-10(16(17)18)5-4-8(2)15-12/h4-6H,3,7H2,1-2H3,(H,14,15). The zero-order valence-corrected chi connectivity index (χ0v) is 11.5. The molecule has 7 heteroatoms. The molecule has 0 aliphatic carbocycles. The predicted molar refractivity (Wildman–Crippen MR) is 74.4 cm³/mol. The number of aryl methyl sites for hydroxylation is 2. The lowest BCUT2D eigenvalue weighted by Crippen LogP contribution is -2.05. The molecule has 2 rings (SSSR count). The van der Waals surface area contributed by atoms with Crippen LogP contribution < -0.4 is 5.32 Å². The van der Waals surface area contributed by atoms with E-state index >= 15 is 0 Å². The van der Waals surface area contributed by atoms with Crippen LogP contribution in [0, 0.1) is 17.0 Å². The summed E-state index contributed by atoms with van der Waals surface area (Å²) in [5.74, 6) is 0.290. The number of aromatic nitrogens is 2. The molecule has 19 heavy (non-hydrogen) atoms. The summed E-state index contributed by atoms with van der Waals surface area (Å²) in [6, 6.07) is 3.09. The third-order valence-electron chi connectivity index (χ3n) is 2.57. The summed E-state index contributed by atoms with van der Waals surface area (Å²) in [5, 5.41) is 14.8. The van der Waals surface area contributed by atoms with Crippen molar-refractivity contribution in [3.63, 3.8) is 0 Å². The highest BCUT2D eigenvalue weighted by Crippen LogP contribution is 2.23. The number of hydrogen-bond acceptors (Lipinski definition) is 6. The number of rotatable bonds is 5. The Morgan fingerprint density at radius 3 is 2.89 bits per heavy atom. The second kappa shape index (κ2) is 5.75. The largest absolute Gasteiger partial charge is 0.358 e. The van der Waals surface area contributed by atoms with Crippen molar-refractivity contribution in [3.05, 3.63) is 44.0 Å². The first-order valence-corrected chi connectivity index (χ1v) is 6.71. The Morgan fingerprint density at radius 1 is 1.47 bits per heavy atom. The minimum Gasteiger partial charge on any atom is -0.358 e. The molecule has 0 saturated heterocycles. The van der Waals surface area contributed by atoms with Gasteiger partial charge in [0.2, 0.25) is 5.82 Å². The number of nitrogens with one attached hydrogen (secondary N) is 1. The molecule has 0 amide bonds. The Labute approximate surface area is 114 Å². The molecular weight excluding hydrogens is 264 g/mol. The lowest BCUT2D eigenvalue weighted by atomic mass is 10.3. The van der Waals surface area contributed by atoms with Gasteiger partial charge in [0.25, 0.3) is 0 Å². The molecule has 2 aromatic heterocycles. The van der Waals surface area contributed by atoms with Crippen molar-refractivity contribution < 1.29 is 4.92 Å². The average Bonchev–Trinajstić information content (AvgIpc) is 2.84. The maximum absolute atomic E-state index is 10.9. The van der Waals surface area contributed by atoms with Crippen molar-refractivity contribution in [2.45, 2.75) is 26.8 Å². The molecule has 0 bridgehead atoms. The van der Waals surface area contributed by atoms with Crippen LogP contribution in [0.5, 0.6) is 0 Å². The fraction of sp³-hybridized carbons (Fsp3) is 0.333. The monoisotopic (exact) mass is 278 g/mol. The Bertz CT molecular complexity index is 597. The number of anilines is 1. The molecule has 0 fully saturated rings. The molecule has 100 valence electrons. The van der Waals surface area contributed by atoms with E-state index in [2.05, 4.69) is 22.2 Å². The fourth-order valence-electron chi connectivity index (χ4n) is 1.58. The van der Waals surface area contributed by atoms with Gasteiger partial charge in [-0.05, 0) is 19.4 Å². The van der Waals surface area contributed by atoms with Crippen molar-refractivity contribution in [3.8, 4) is 0 Å². The van der Waals surface area contributed by atoms with Crippen LogP contribution in [0.25, 0.3) is 0 Å². The van der Waals surface area contributed by atoms with E-state index in [1.54, 1.807) is 24.3 Å². The zero-order chi connectivity index (χ0) is 13.8. The molecule has 0 spiro atoms. The van der Waals surface area contributed by atoms with Crippen LogP contribution in [0.2, 0.25) is 0 Å². The van der Waals surface area contributed by atoms with Crippen LogP contribution in [-0.4, -0.2) is 14.9 Å². The van der Waals surface area contributed by atoms with E-state index in [1.807, 2.05) is 6.20 Å². The maximum Gasteiger partial charge on any atom is 0.311 e. The van der Waals surface area contributed by atoms with Crippen LogP contribution in [0.15, 0.2) is 18.3 Å². The van der Waals surface area contributed by atoms with E-state index in [9.17, 15) is 10.1 Å². The first-order valence-electron chi connectivity index (χ1n) is 5.89. The van der Waals surface area contributed by atoms with Crippen LogP contribution in [0.1, 0.15) is 22.5 Å². The Morgan fingerprint density at radius 2 is 2.26 bits per heavy atom. The predicted octanol–water partition coefficient (Wildman–Crippen LogP) is 2.93. The van der Waals surface area contributed by atoms with Crippen LogP contribution >= 0.6 is 11.3 Å². The topological polar surface area (TPSA) is 81.0 Å². The van der Waals surface area contributed by atoms with Gasteiger partial charge >= 0.3 is 5.69 Å².